The van der Waals surface area contributed by atoms with Gasteiger partial charge >= 0.3 is 0 Å². The Labute approximate surface area is 193 Å². The molecule has 0 bridgehead atoms. The third-order valence-electron chi connectivity index (χ3n) is 6.76. The van der Waals surface area contributed by atoms with E-state index in [1.807, 2.05) is 39.0 Å². The first-order valence-corrected chi connectivity index (χ1v) is 11.5. The number of ketones is 2. The zero-order valence-corrected chi connectivity index (χ0v) is 19.6. The second-order valence-corrected chi connectivity index (χ2v) is 9.52. The van der Waals surface area contributed by atoms with Gasteiger partial charge in [-0.1, -0.05) is 23.7 Å². The summed E-state index contributed by atoms with van der Waals surface area (Å²) >= 11 is 6.11. The highest BCUT2D eigenvalue weighted by atomic mass is 35.5. The summed E-state index contributed by atoms with van der Waals surface area (Å²) in [5.74, 6) is 0.615. The number of benzene rings is 2. The smallest absolute Gasteiger partial charge is 0.223 e. The monoisotopic (exact) mass is 453 g/mol. The van der Waals surface area contributed by atoms with Crippen LogP contribution >= 0.6 is 11.6 Å². The van der Waals surface area contributed by atoms with E-state index >= 15 is 0 Å². The Balaban J connectivity index is 1.35. The van der Waals surface area contributed by atoms with E-state index in [1.54, 1.807) is 17.0 Å². The molecule has 0 unspecified atom stereocenters. The van der Waals surface area contributed by atoms with Crippen LogP contribution in [0.25, 0.3) is 0 Å². The number of carbonyl (C=O) groups is 3. The number of ether oxygens (including phenoxy) is 1. The topological polar surface area (TPSA) is 63.7 Å². The fraction of sp³-hybridized carbons (Fsp3) is 0.423. The highest BCUT2D eigenvalue weighted by Crippen LogP contribution is 2.42. The number of hydrogen-bond acceptors (Lipinski definition) is 4. The Kier molecular flexibility index (Phi) is 6.13. The average Bonchev–Trinajstić information content (AvgIpc) is 2.75. The van der Waals surface area contributed by atoms with Crippen molar-refractivity contribution in [3.63, 3.8) is 0 Å². The third kappa shape index (κ3) is 4.44. The van der Waals surface area contributed by atoms with Crippen LogP contribution in [-0.2, 0) is 4.79 Å². The van der Waals surface area contributed by atoms with Gasteiger partial charge in [0.05, 0.1) is 12.0 Å². The highest BCUT2D eigenvalue weighted by Gasteiger charge is 2.44. The SMILES string of the molecule is Cc1ccc(C(=O)CCC(=O)N2CCC3(CC2)CC(=O)c2cc(Cl)cc(C)c2O3)cc1C. The fourth-order valence-corrected chi connectivity index (χ4v) is 4.87. The Morgan fingerprint density at radius 1 is 1.00 bits per heavy atom. The molecule has 0 aromatic heterocycles. The lowest BCUT2D eigenvalue weighted by Gasteiger charge is -2.44. The van der Waals surface area contributed by atoms with Gasteiger partial charge in [-0.15, -0.1) is 0 Å². The lowest BCUT2D eigenvalue weighted by molar-refractivity contribution is -0.134. The van der Waals surface area contributed by atoms with Crippen LogP contribution in [0.2, 0.25) is 5.02 Å². The molecule has 2 heterocycles. The number of piperidine rings is 1. The molecule has 1 fully saturated rings. The molecule has 168 valence electrons. The molecular formula is C26H28ClNO4. The van der Waals surface area contributed by atoms with Gasteiger partial charge in [-0.05, 0) is 55.7 Å². The maximum Gasteiger partial charge on any atom is 0.223 e. The summed E-state index contributed by atoms with van der Waals surface area (Å²) < 4.78 is 6.35. The van der Waals surface area contributed by atoms with E-state index in [9.17, 15) is 14.4 Å². The van der Waals surface area contributed by atoms with Crippen molar-refractivity contribution in [2.75, 3.05) is 13.1 Å². The van der Waals surface area contributed by atoms with Crippen molar-refractivity contribution in [1.82, 2.24) is 4.90 Å². The summed E-state index contributed by atoms with van der Waals surface area (Å²) in [5.41, 5.74) is 3.69. The Hall–Kier alpha value is -2.66. The second-order valence-electron chi connectivity index (χ2n) is 9.09. The molecule has 6 heteroatoms. The molecule has 0 N–H and O–H groups in total. The van der Waals surface area contributed by atoms with Crippen LogP contribution in [0.5, 0.6) is 5.75 Å². The normalized spacial score (nSPS) is 17.1. The molecule has 0 saturated carbocycles. The molecule has 0 atom stereocenters. The van der Waals surface area contributed by atoms with Crippen molar-refractivity contribution in [3.05, 3.63) is 63.2 Å². The Morgan fingerprint density at radius 3 is 2.41 bits per heavy atom. The van der Waals surface area contributed by atoms with E-state index in [1.165, 1.54) is 0 Å². The van der Waals surface area contributed by atoms with Crippen LogP contribution in [0, 0.1) is 20.8 Å². The number of rotatable bonds is 4. The van der Waals surface area contributed by atoms with Crippen LogP contribution in [0.3, 0.4) is 0 Å². The van der Waals surface area contributed by atoms with Crippen LogP contribution in [-0.4, -0.2) is 41.1 Å². The number of nitrogens with zero attached hydrogens (tertiary/aromatic N) is 1. The number of amides is 1. The van der Waals surface area contributed by atoms with Gasteiger partial charge in [0.1, 0.15) is 11.4 Å². The summed E-state index contributed by atoms with van der Waals surface area (Å²) in [7, 11) is 0. The molecule has 1 spiro atoms. The zero-order chi connectivity index (χ0) is 23.0. The quantitative estimate of drug-likeness (QED) is 0.593. The molecule has 0 aliphatic carbocycles. The number of Topliss-reactive ketones (excluding diaryl/α,β-unsaturated/α-hetero) is 2. The minimum absolute atomic E-state index is 0.0121. The van der Waals surface area contributed by atoms with E-state index < -0.39 is 5.60 Å². The van der Waals surface area contributed by atoms with Gasteiger partial charge < -0.3 is 9.64 Å². The molecular weight excluding hydrogens is 426 g/mol. The van der Waals surface area contributed by atoms with Gasteiger partial charge in [-0.3, -0.25) is 14.4 Å². The molecule has 5 nitrogen and oxygen atoms in total. The van der Waals surface area contributed by atoms with Crippen molar-refractivity contribution >= 4 is 29.1 Å². The van der Waals surface area contributed by atoms with Crippen LogP contribution < -0.4 is 4.74 Å². The largest absolute Gasteiger partial charge is 0.486 e. The molecule has 2 aliphatic rings. The Bertz CT molecular complexity index is 1100. The summed E-state index contributed by atoms with van der Waals surface area (Å²) in [6.07, 6.45) is 1.88. The third-order valence-corrected chi connectivity index (χ3v) is 6.98. The standard InChI is InChI=1S/C26H28ClNO4/c1-16-4-5-19(12-17(16)2)22(29)6-7-24(31)28-10-8-26(9-11-28)15-23(30)21-14-20(27)13-18(3)25(21)32-26/h4-5,12-14H,6-11,15H2,1-3H3. The molecule has 4 rings (SSSR count). The number of likely N-dealkylation sites (tertiary alicyclic amines) is 1. The number of halogens is 1. The molecule has 2 aromatic carbocycles. The predicted octanol–water partition coefficient (Wildman–Crippen LogP) is 5.25. The predicted molar refractivity (Wildman–Crippen MR) is 124 cm³/mol. The van der Waals surface area contributed by atoms with Crippen LogP contribution in [0.15, 0.2) is 30.3 Å². The molecule has 2 aromatic rings. The van der Waals surface area contributed by atoms with Crippen LogP contribution in [0.1, 0.15) is 69.5 Å². The summed E-state index contributed by atoms with van der Waals surface area (Å²) in [5, 5.41) is 0.532. The van der Waals surface area contributed by atoms with E-state index in [4.69, 9.17) is 16.3 Å². The second kappa shape index (κ2) is 8.70. The van der Waals surface area contributed by atoms with Gasteiger partial charge in [-0.25, -0.2) is 0 Å². The molecule has 0 radical (unpaired) electrons. The van der Waals surface area contributed by atoms with Gasteiger partial charge in [0.2, 0.25) is 5.91 Å². The van der Waals surface area contributed by atoms with E-state index in [0.29, 0.717) is 54.3 Å². The molecule has 1 amide bonds. The first-order chi connectivity index (χ1) is 15.2. The first kappa shape index (κ1) is 22.5. The number of aryl methyl sites for hydroxylation is 3. The maximum atomic E-state index is 12.8. The zero-order valence-electron chi connectivity index (χ0n) is 18.8. The molecule has 2 aliphatic heterocycles. The van der Waals surface area contributed by atoms with Crippen molar-refractivity contribution in [2.45, 2.75) is 58.5 Å². The average molecular weight is 454 g/mol. The fourth-order valence-electron chi connectivity index (χ4n) is 4.59. The lowest BCUT2D eigenvalue weighted by Crippen LogP contribution is -2.52. The van der Waals surface area contributed by atoms with E-state index in [2.05, 4.69) is 0 Å². The summed E-state index contributed by atoms with van der Waals surface area (Å²) in [6.45, 7) is 6.92. The molecule has 32 heavy (non-hydrogen) atoms. The van der Waals surface area contributed by atoms with Gasteiger partial charge in [0.25, 0.3) is 0 Å². The van der Waals surface area contributed by atoms with Gasteiger partial charge in [0, 0.05) is 49.4 Å². The Morgan fingerprint density at radius 2 is 1.72 bits per heavy atom. The highest BCUT2D eigenvalue weighted by molar-refractivity contribution is 6.31. The summed E-state index contributed by atoms with van der Waals surface area (Å²) in [6, 6.07) is 9.12. The number of carbonyl (C=O) groups excluding carboxylic acids is 3. The summed E-state index contributed by atoms with van der Waals surface area (Å²) in [4.78, 5) is 39.8. The van der Waals surface area contributed by atoms with Crippen molar-refractivity contribution < 1.29 is 19.1 Å². The minimum atomic E-state index is -0.575. The van der Waals surface area contributed by atoms with Crippen molar-refractivity contribution in [2.24, 2.45) is 0 Å². The minimum Gasteiger partial charge on any atom is -0.486 e. The van der Waals surface area contributed by atoms with E-state index in [-0.39, 0.29) is 30.3 Å². The maximum absolute atomic E-state index is 12.8. The molecule has 1 saturated heterocycles. The first-order valence-electron chi connectivity index (χ1n) is 11.1. The van der Waals surface area contributed by atoms with Gasteiger partial charge in [0.15, 0.2) is 11.6 Å². The van der Waals surface area contributed by atoms with Gasteiger partial charge in [-0.2, -0.15) is 0 Å². The number of fused-ring (bicyclic) bond motifs is 1. The van der Waals surface area contributed by atoms with Crippen molar-refractivity contribution in [1.29, 1.82) is 0 Å². The van der Waals surface area contributed by atoms with Crippen molar-refractivity contribution in [3.8, 4) is 5.75 Å². The van der Waals surface area contributed by atoms with Crippen LogP contribution in [0.4, 0.5) is 0 Å². The lowest BCUT2D eigenvalue weighted by atomic mass is 9.82. The number of hydrogen-bond donors (Lipinski definition) is 0. The van der Waals surface area contributed by atoms with E-state index in [0.717, 1.165) is 16.7 Å².